The number of anilines is 1. The maximum atomic E-state index is 5.38. The van der Waals surface area contributed by atoms with E-state index < -0.39 is 0 Å². The molecule has 1 atom stereocenters. The summed E-state index contributed by atoms with van der Waals surface area (Å²) in [6.45, 7) is 2.68. The fraction of sp³-hybridized carbons (Fsp3) is 0.333. The number of piperidine rings is 1. The molecule has 4 rings (SSSR count). The molecule has 2 N–H and O–H groups in total. The van der Waals surface area contributed by atoms with Crippen LogP contribution in [-0.4, -0.2) is 49.0 Å². The Balaban J connectivity index is 1.34. The Morgan fingerprint density at radius 1 is 1.16 bits per heavy atom. The van der Waals surface area contributed by atoms with Gasteiger partial charge in [-0.25, -0.2) is 4.68 Å². The lowest BCUT2D eigenvalue weighted by molar-refractivity contribution is 0.414. The van der Waals surface area contributed by atoms with Gasteiger partial charge in [0.25, 0.3) is 0 Å². The number of rotatable bonds is 6. The van der Waals surface area contributed by atoms with Gasteiger partial charge in [-0.05, 0) is 48.7 Å². The molecule has 31 heavy (non-hydrogen) atoms. The number of nitrogens with one attached hydrogen (secondary N) is 2. The van der Waals surface area contributed by atoms with E-state index in [-0.39, 0.29) is 0 Å². The molecule has 0 spiro atoms. The monoisotopic (exact) mass is 418 g/mol. The molecule has 1 saturated heterocycles. The summed E-state index contributed by atoms with van der Waals surface area (Å²) in [5.74, 6) is 1.71. The second-order valence-corrected chi connectivity index (χ2v) is 7.68. The number of guanidine groups is 1. The zero-order valence-corrected chi connectivity index (χ0v) is 18.2. The third kappa shape index (κ3) is 5.36. The number of aromatic nitrogens is 2. The zero-order chi connectivity index (χ0) is 21.5. The van der Waals surface area contributed by atoms with E-state index in [2.05, 4.69) is 62.0 Å². The first kappa shape index (κ1) is 20.8. The third-order valence-corrected chi connectivity index (χ3v) is 5.54. The van der Waals surface area contributed by atoms with Crippen LogP contribution in [0.4, 0.5) is 5.69 Å². The maximum Gasteiger partial charge on any atom is 0.191 e. The van der Waals surface area contributed by atoms with Crippen molar-refractivity contribution in [3.8, 4) is 11.4 Å². The topological polar surface area (TPSA) is 66.7 Å². The molecular formula is C24H30N6O. The van der Waals surface area contributed by atoms with Gasteiger partial charge in [-0.15, -0.1) is 0 Å². The molecule has 0 radical (unpaired) electrons. The van der Waals surface area contributed by atoms with Crippen molar-refractivity contribution in [2.75, 3.05) is 32.1 Å². The second-order valence-electron chi connectivity index (χ2n) is 7.68. The number of benzene rings is 2. The largest absolute Gasteiger partial charge is 0.497 e. The summed E-state index contributed by atoms with van der Waals surface area (Å²) < 4.78 is 7.25. The van der Waals surface area contributed by atoms with Gasteiger partial charge in [-0.3, -0.25) is 4.99 Å². The average Bonchev–Trinajstić information content (AvgIpc) is 3.37. The Morgan fingerprint density at radius 2 is 2.03 bits per heavy atom. The maximum absolute atomic E-state index is 5.38. The Kier molecular flexibility index (Phi) is 6.72. The molecule has 162 valence electrons. The molecule has 1 aliphatic rings. The average molecular weight is 419 g/mol. The fourth-order valence-corrected chi connectivity index (χ4v) is 3.94. The van der Waals surface area contributed by atoms with E-state index in [9.17, 15) is 0 Å². The van der Waals surface area contributed by atoms with E-state index >= 15 is 0 Å². The van der Waals surface area contributed by atoms with Crippen molar-refractivity contribution in [2.45, 2.75) is 25.4 Å². The summed E-state index contributed by atoms with van der Waals surface area (Å²) in [6, 6.07) is 18.9. The molecule has 1 aliphatic heterocycles. The van der Waals surface area contributed by atoms with Crippen molar-refractivity contribution in [1.29, 1.82) is 0 Å². The Labute approximate surface area is 183 Å². The number of hydrogen-bond acceptors (Lipinski definition) is 4. The summed E-state index contributed by atoms with van der Waals surface area (Å²) in [6.07, 6.45) is 5.99. The first-order valence-electron chi connectivity index (χ1n) is 10.7. The minimum absolute atomic E-state index is 0.335. The van der Waals surface area contributed by atoms with Crippen LogP contribution in [0.1, 0.15) is 18.4 Å². The molecular weight excluding hydrogens is 388 g/mol. The molecule has 2 heterocycles. The highest BCUT2D eigenvalue weighted by Gasteiger charge is 2.21. The quantitative estimate of drug-likeness (QED) is 0.475. The minimum Gasteiger partial charge on any atom is -0.497 e. The van der Waals surface area contributed by atoms with Crippen molar-refractivity contribution in [3.05, 3.63) is 72.6 Å². The first-order valence-corrected chi connectivity index (χ1v) is 10.7. The lowest BCUT2D eigenvalue weighted by atomic mass is 10.0. The van der Waals surface area contributed by atoms with Crippen LogP contribution in [-0.2, 0) is 6.54 Å². The normalized spacial score (nSPS) is 16.8. The van der Waals surface area contributed by atoms with Crippen LogP contribution < -0.4 is 20.3 Å². The molecule has 0 amide bonds. The van der Waals surface area contributed by atoms with Crippen molar-refractivity contribution in [1.82, 2.24) is 20.4 Å². The highest BCUT2D eigenvalue weighted by Crippen LogP contribution is 2.24. The molecule has 7 nitrogen and oxygen atoms in total. The summed E-state index contributed by atoms with van der Waals surface area (Å²) >= 11 is 0. The van der Waals surface area contributed by atoms with Crippen LogP contribution in [0.5, 0.6) is 5.75 Å². The Bertz CT molecular complexity index is 1000. The van der Waals surface area contributed by atoms with Crippen LogP contribution in [0.3, 0.4) is 0 Å². The molecule has 3 aromatic rings. The standard InChI is InChI=1S/C24H30N6O/c1-25-24(26-17-19-7-3-10-22(15-19)30-14-6-12-27-30)28-20-8-5-13-29(18-20)21-9-4-11-23(16-21)31-2/h3-4,6-7,9-12,14-16,20H,5,8,13,17-18H2,1-2H3,(H2,25,26,28). The molecule has 1 fully saturated rings. The zero-order valence-electron chi connectivity index (χ0n) is 18.2. The highest BCUT2D eigenvalue weighted by molar-refractivity contribution is 5.80. The van der Waals surface area contributed by atoms with E-state index in [0.717, 1.165) is 43.3 Å². The van der Waals surface area contributed by atoms with Crippen LogP contribution in [0.15, 0.2) is 72.0 Å². The Morgan fingerprint density at radius 3 is 2.84 bits per heavy atom. The number of nitrogens with zero attached hydrogens (tertiary/aromatic N) is 4. The SMILES string of the molecule is CN=C(NCc1cccc(-n2cccn2)c1)NC1CCCN(c2cccc(OC)c2)C1. The third-order valence-electron chi connectivity index (χ3n) is 5.54. The molecule has 2 aromatic carbocycles. The molecule has 1 aromatic heterocycles. The predicted octanol–water partition coefficient (Wildman–Crippen LogP) is 3.21. The van der Waals surface area contributed by atoms with Gasteiger partial charge in [0.1, 0.15) is 5.75 Å². The Hall–Kier alpha value is -3.48. The van der Waals surface area contributed by atoms with Crippen LogP contribution in [0.25, 0.3) is 5.69 Å². The molecule has 0 aliphatic carbocycles. The predicted molar refractivity (Wildman–Crippen MR) is 125 cm³/mol. The van der Waals surface area contributed by atoms with Crippen LogP contribution in [0, 0.1) is 0 Å². The lowest BCUT2D eigenvalue weighted by Crippen LogP contribution is -2.51. The lowest BCUT2D eigenvalue weighted by Gasteiger charge is -2.35. The van der Waals surface area contributed by atoms with Crippen molar-refractivity contribution < 1.29 is 4.74 Å². The fourth-order valence-electron chi connectivity index (χ4n) is 3.94. The molecule has 0 bridgehead atoms. The van der Waals surface area contributed by atoms with E-state index in [1.807, 2.05) is 36.1 Å². The summed E-state index contributed by atoms with van der Waals surface area (Å²) in [5, 5.41) is 11.4. The summed E-state index contributed by atoms with van der Waals surface area (Å²) in [4.78, 5) is 6.84. The van der Waals surface area contributed by atoms with Gasteiger partial charge in [0.2, 0.25) is 0 Å². The van der Waals surface area contributed by atoms with Gasteiger partial charge in [-0.1, -0.05) is 18.2 Å². The van der Waals surface area contributed by atoms with Crippen molar-refractivity contribution in [3.63, 3.8) is 0 Å². The second kappa shape index (κ2) is 10.0. The number of methoxy groups -OCH3 is 1. The number of hydrogen-bond donors (Lipinski definition) is 2. The highest BCUT2D eigenvalue weighted by atomic mass is 16.5. The van der Waals surface area contributed by atoms with Gasteiger partial charge in [0, 0.05) is 56.9 Å². The molecule has 7 heteroatoms. The van der Waals surface area contributed by atoms with Gasteiger partial charge in [0.05, 0.1) is 12.8 Å². The minimum atomic E-state index is 0.335. The van der Waals surface area contributed by atoms with E-state index in [1.54, 1.807) is 13.3 Å². The molecule has 1 unspecified atom stereocenters. The first-order chi connectivity index (χ1) is 15.2. The van der Waals surface area contributed by atoms with Crippen LogP contribution >= 0.6 is 0 Å². The van der Waals surface area contributed by atoms with Gasteiger partial charge in [0.15, 0.2) is 5.96 Å². The van der Waals surface area contributed by atoms with Crippen LogP contribution in [0.2, 0.25) is 0 Å². The van der Waals surface area contributed by atoms with E-state index in [4.69, 9.17) is 4.74 Å². The summed E-state index contributed by atoms with van der Waals surface area (Å²) in [7, 11) is 3.53. The van der Waals surface area contributed by atoms with Gasteiger partial charge >= 0.3 is 0 Å². The smallest absolute Gasteiger partial charge is 0.191 e. The van der Waals surface area contributed by atoms with E-state index in [1.165, 1.54) is 11.3 Å². The van der Waals surface area contributed by atoms with Crippen molar-refractivity contribution >= 4 is 11.6 Å². The molecule has 0 saturated carbocycles. The number of aliphatic imine (C=N–C) groups is 1. The van der Waals surface area contributed by atoms with Gasteiger partial charge < -0.3 is 20.3 Å². The van der Waals surface area contributed by atoms with Crippen molar-refractivity contribution in [2.24, 2.45) is 4.99 Å². The van der Waals surface area contributed by atoms with Gasteiger partial charge in [-0.2, -0.15) is 5.10 Å². The summed E-state index contributed by atoms with van der Waals surface area (Å²) in [5.41, 5.74) is 3.43. The van der Waals surface area contributed by atoms with E-state index in [0.29, 0.717) is 12.6 Å². The number of ether oxygens (including phenoxy) is 1.